The van der Waals surface area contributed by atoms with Gasteiger partial charge in [0.05, 0.1) is 0 Å². The molecule has 0 spiro atoms. The summed E-state index contributed by atoms with van der Waals surface area (Å²) < 4.78 is 28.2. The van der Waals surface area contributed by atoms with Gasteiger partial charge in [0.2, 0.25) is 0 Å². The highest BCUT2D eigenvalue weighted by atomic mass is 35.5. The summed E-state index contributed by atoms with van der Waals surface area (Å²) in [5.41, 5.74) is 1.78. The number of hydrogen-bond acceptors (Lipinski definition) is 3. The average Bonchev–Trinajstić information content (AvgIpc) is 2.37. The van der Waals surface area contributed by atoms with Crippen LogP contribution in [0.2, 0.25) is 5.15 Å². The summed E-state index contributed by atoms with van der Waals surface area (Å²) in [6.07, 6.45) is 1.60. The van der Waals surface area contributed by atoms with Crippen molar-refractivity contribution in [2.45, 2.75) is 13.2 Å². The van der Waals surface area contributed by atoms with E-state index in [9.17, 15) is 8.78 Å². The lowest BCUT2D eigenvalue weighted by Gasteiger charge is -2.08. The van der Waals surface area contributed by atoms with E-state index < -0.39 is 6.61 Å². The number of benzene rings is 1. The van der Waals surface area contributed by atoms with E-state index in [2.05, 4.69) is 15.0 Å². The Labute approximate surface area is 114 Å². The third-order valence-electron chi connectivity index (χ3n) is 2.37. The molecule has 0 aliphatic rings. The largest absolute Gasteiger partial charge is 0.435 e. The molecule has 1 N–H and O–H groups in total. The molecule has 3 nitrogen and oxygen atoms in total. The van der Waals surface area contributed by atoms with Crippen molar-refractivity contribution in [3.05, 3.63) is 53.3 Å². The van der Waals surface area contributed by atoms with Gasteiger partial charge in [-0.2, -0.15) is 8.78 Å². The van der Waals surface area contributed by atoms with Gasteiger partial charge in [-0.25, -0.2) is 4.98 Å². The number of aromatic nitrogens is 1. The molecule has 2 rings (SSSR count). The summed E-state index contributed by atoms with van der Waals surface area (Å²) in [6.45, 7) is -2.25. The lowest BCUT2D eigenvalue weighted by Crippen LogP contribution is -2.03. The molecule has 0 unspecified atom stereocenters. The fourth-order valence-corrected chi connectivity index (χ4v) is 1.68. The molecule has 2 aromatic rings. The number of halogens is 3. The second kappa shape index (κ2) is 6.33. The van der Waals surface area contributed by atoms with E-state index in [-0.39, 0.29) is 5.75 Å². The summed E-state index contributed by atoms with van der Waals surface area (Å²) in [5, 5.41) is 3.56. The van der Waals surface area contributed by atoms with Crippen LogP contribution in [0.1, 0.15) is 5.56 Å². The molecule has 0 amide bonds. The van der Waals surface area contributed by atoms with Gasteiger partial charge in [0, 0.05) is 18.4 Å². The zero-order valence-corrected chi connectivity index (χ0v) is 10.6. The molecule has 0 aliphatic carbocycles. The average molecular weight is 285 g/mol. The van der Waals surface area contributed by atoms with Gasteiger partial charge >= 0.3 is 6.61 Å². The van der Waals surface area contributed by atoms with Crippen LogP contribution in [0.4, 0.5) is 14.5 Å². The maximum atomic E-state index is 12.0. The molecule has 1 aromatic carbocycles. The third kappa shape index (κ3) is 4.37. The van der Waals surface area contributed by atoms with Gasteiger partial charge < -0.3 is 10.1 Å². The highest BCUT2D eigenvalue weighted by Gasteiger charge is 2.03. The van der Waals surface area contributed by atoms with E-state index in [1.165, 1.54) is 12.1 Å². The van der Waals surface area contributed by atoms with E-state index in [0.29, 0.717) is 11.7 Å². The Morgan fingerprint density at radius 3 is 2.58 bits per heavy atom. The highest BCUT2D eigenvalue weighted by molar-refractivity contribution is 6.29. The van der Waals surface area contributed by atoms with Crippen LogP contribution in [0.3, 0.4) is 0 Å². The van der Waals surface area contributed by atoms with Gasteiger partial charge in [-0.15, -0.1) is 0 Å². The molecule has 0 saturated carbocycles. The predicted octanol–water partition coefficient (Wildman–Crippen LogP) is 3.95. The minimum absolute atomic E-state index is 0.144. The molecule has 6 heteroatoms. The van der Waals surface area contributed by atoms with E-state index in [4.69, 9.17) is 11.6 Å². The van der Waals surface area contributed by atoms with E-state index in [1.807, 2.05) is 0 Å². The molecule has 0 fully saturated rings. The molecule has 19 heavy (non-hydrogen) atoms. The van der Waals surface area contributed by atoms with Crippen LogP contribution >= 0.6 is 11.6 Å². The van der Waals surface area contributed by atoms with Crippen LogP contribution in [0, 0.1) is 0 Å². The minimum Gasteiger partial charge on any atom is -0.435 e. The minimum atomic E-state index is -2.80. The first-order valence-corrected chi connectivity index (χ1v) is 5.90. The second-order valence-corrected chi connectivity index (χ2v) is 4.13. The summed E-state index contributed by atoms with van der Waals surface area (Å²) >= 11 is 5.76. The summed E-state index contributed by atoms with van der Waals surface area (Å²) in [7, 11) is 0. The lowest BCUT2D eigenvalue weighted by atomic mass is 10.2. The Morgan fingerprint density at radius 2 is 1.95 bits per heavy atom. The number of hydrogen-bond donors (Lipinski definition) is 1. The smallest absolute Gasteiger partial charge is 0.387 e. The number of nitrogens with one attached hydrogen (secondary N) is 1. The summed E-state index contributed by atoms with van der Waals surface area (Å²) in [6, 6.07) is 9.93. The summed E-state index contributed by atoms with van der Waals surface area (Å²) in [5.74, 6) is 0.144. The maximum absolute atomic E-state index is 12.0. The van der Waals surface area contributed by atoms with Gasteiger partial charge in [0.15, 0.2) is 0 Å². The number of ether oxygens (including phenoxy) is 1. The van der Waals surface area contributed by atoms with Gasteiger partial charge in [-0.05, 0) is 29.8 Å². The van der Waals surface area contributed by atoms with Crippen LogP contribution in [0.25, 0.3) is 0 Å². The van der Waals surface area contributed by atoms with Crippen LogP contribution in [-0.4, -0.2) is 11.6 Å². The van der Waals surface area contributed by atoms with Crippen molar-refractivity contribution in [3.63, 3.8) is 0 Å². The Kier molecular flexibility index (Phi) is 4.52. The normalized spacial score (nSPS) is 10.5. The Balaban J connectivity index is 1.93. The van der Waals surface area contributed by atoms with Crippen molar-refractivity contribution in [1.82, 2.24) is 4.98 Å². The first-order chi connectivity index (χ1) is 9.13. The van der Waals surface area contributed by atoms with Crippen molar-refractivity contribution < 1.29 is 13.5 Å². The lowest BCUT2D eigenvalue weighted by molar-refractivity contribution is -0.0498. The zero-order chi connectivity index (χ0) is 13.7. The molecular weight excluding hydrogens is 274 g/mol. The van der Waals surface area contributed by atoms with Gasteiger partial charge in [0.1, 0.15) is 10.9 Å². The molecule has 100 valence electrons. The van der Waals surface area contributed by atoms with Crippen LogP contribution in [-0.2, 0) is 6.54 Å². The zero-order valence-electron chi connectivity index (χ0n) is 9.82. The Morgan fingerprint density at radius 1 is 1.21 bits per heavy atom. The molecular formula is C13H11ClF2N2O. The van der Waals surface area contributed by atoms with E-state index in [1.54, 1.807) is 30.5 Å². The Bertz CT molecular complexity index is 534. The van der Waals surface area contributed by atoms with Crippen molar-refractivity contribution in [1.29, 1.82) is 0 Å². The summed E-state index contributed by atoms with van der Waals surface area (Å²) in [4.78, 5) is 3.87. The first kappa shape index (κ1) is 13.5. The molecule has 0 atom stereocenters. The molecule has 1 aromatic heterocycles. The monoisotopic (exact) mass is 284 g/mol. The number of pyridine rings is 1. The predicted molar refractivity (Wildman–Crippen MR) is 69.6 cm³/mol. The van der Waals surface area contributed by atoms with Crippen LogP contribution in [0.5, 0.6) is 5.75 Å². The van der Waals surface area contributed by atoms with Crippen molar-refractivity contribution in [2.24, 2.45) is 0 Å². The number of alkyl halides is 2. The van der Waals surface area contributed by atoms with Gasteiger partial charge in [-0.1, -0.05) is 23.7 Å². The molecule has 0 aliphatic heterocycles. The molecule has 0 bridgehead atoms. The molecule has 0 radical (unpaired) electrons. The van der Waals surface area contributed by atoms with Crippen LogP contribution < -0.4 is 10.1 Å². The van der Waals surface area contributed by atoms with Gasteiger partial charge in [-0.3, -0.25) is 0 Å². The molecule has 1 heterocycles. The fraction of sp³-hybridized carbons (Fsp3) is 0.154. The van der Waals surface area contributed by atoms with E-state index in [0.717, 1.165) is 11.3 Å². The van der Waals surface area contributed by atoms with Crippen LogP contribution in [0.15, 0.2) is 42.6 Å². The fourth-order valence-electron chi connectivity index (χ4n) is 1.51. The second-order valence-electron chi connectivity index (χ2n) is 3.74. The number of nitrogens with zero attached hydrogens (tertiary/aromatic N) is 1. The first-order valence-electron chi connectivity index (χ1n) is 5.52. The quantitative estimate of drug-likeness (QED) is 0.844. The van der Waals surface area contributed by atoms with Gasteiger partial charge in [0.25, 0.3) is 0 Å². The number of anilines is 1. The third-order valence-corrected chi connectivity index (χ3v) is 2.58. The molecule has 0 saturated heterocycles. The highest BCUT2D eigenvalue weighted by Crippen LogP contribution is 2.17. The van der Waals surface area contributed by atoms with Crippen molar-refractivity contribution in [2.75, 3.05) is 5.32 Å². The maximum Gasteiger partial charge on any atom is 0.387 e. The standard InChI is InChI=1S/C13H11ClF2N2O/c14-12-7-10(5-6-17-12)18-8-9-1-3-11(4-2-9)19-13(15)16/h1-7,13H,8H2,(H,17,18). The Hall–Kier alpha value is -1.88. The van der Waals surface area contributed by atoms with Crippen molar-refractivity contribution >= 4 is 17.3 Å². The van der Waals surface area contributed by atoms with E-state index >= 15 is 0 Å². The SMILES string of the molecule is FC(F)Oc1ccc(CNc2ccnc(Cl)c2)cc1. The topological polar surface area (TPSA) is 34.1 Å². The number of rotatable bonds is 5. The van der Waals surface area contributed by atoms with Crippen molar-refractivity contribution in [3.8, 4) is 5.75 Å².